The summed E-state index contributed by atoms with van der Waals surface area (Å²) in [6.07, 6.45) is 7.92. The van der Waals surface area contributed by atoms with Crippen molar-refractivity contribution >= 4 is 0 Å². The van der Waals surface area contributed by atoms with Crippen molar-refractivity contribution in [1.29, 1.82) is 0 Å². The van der Waals surface area contributed by atoms with E-state index in [1.165, 1.54) is 25.7 Å². The van der Waals surface area contributed by atoms with E-state index in [4.69, 9.17) is 9.47 Å². The van der Waals surface area contributed by atoms with Gasteiger partial charge >= 0.3 is 0 Å². The number of aliphatic hydroxyl groups excluding tert-OH is 4. The minimum Gasteiger partial charge on any atom is -0.394 e. The summed E-state index contributed by atoms with van der Waals surface area (Å²) in [4.78, 5) is 2.50. The first-order valence-corrected chi connectivity index (χ1v) is 12.2. The van der Waals surface area contributed by atoms with Gasteiger partial charge in [0.1, 0.15) is 12.2 Å². The Hall–Kier alpha value is -0.280. The topological polar surface area (TPSA) is 103 Å². The number of nitrogens with zero attached hydrogens (tertiary/aromatic N) is 1. The molecule has 4 unspecified atom stereocenters. The number of unbranched alkanes of at least 4 members (excludes halogenated alkanes) is 3. The maximum Gasteiger partial charge on any atom is 0.109 e. The molecule has 6 atom stereocenters. The van der Waals surface area contributed by atoms with Gasteiger partial charge < -0.3 is 34.8 Å². The molecule has 0 bridgehead atoms. The Bertz CT molecular complexity index is 440. The third kappa shape index (κ3) is 9.07. The molecule has 7 heteroatoms. The number of aliphatic hydroxyl groups is 4. The van der Waals surface area contributed by atoms with Gasteiger partial charge in [0.25, 0.3) is 0 Å². The minimum atomic E-state index is -1.00. The molecule has 178 valence electrons. The van der Waals surface area contributed by atoms with Crippen molar-refractivity contribution in [3.05, 3.63) is 0 Å². The van der Waals surface area contributed by atoms with Gasteiger partial charge in [-0.3, -0.25) is 0 Å². The third-order valence-corrected chi connectivity index (χ3v) is 6.52. The quantitative estimate of drug-likeness (QED) is 0.311. The van der Waals surface area contributed by atoms with Gasteiger partial charge in [-0.1, -0.05) is 26.2 Å². The lowest BCUT2D eigenvalue weighted by atomic mass is 9.95. The molecule has 0 aromatic heterocycles. The SMILES string of the molecule is CCCCCCN(CCCC1OCCCC1O)CCC[C@@H]1CC(O)[C@H](O)C(CO)O1. The average Bonchev–Trinajstić information content (AvgIpc) is 2.74. The maximum atomic E-state index is 10.1. The van der Waals surface area contributed by atoms with Crippen LogP contribution in [0.2, 0.25) is 0 Å². The van der Waals surface area contributed by atoms with E-state index < -0.39 is 18.3 Å². The molecule has 2 fully saturated rings. The molecule has 4 N–H and O–H groups in total. The summed E-state index contributed by atoms with van der Waals surface area (Å²) >= 11 is 0. The monoisotopic (exact) mass is 431 g/mol. The Kier molecular flexibility index (Phi) is 12.7. The first kappa shape index (κ1) is 26.0. The molecule has 2 saturated heterocycles. The van der Waals surface area contributed by atoms with Crippen molar-refractivity contribution in [2.75, 3.05) is 32.8 Å². The van der Waals surface area contributed by atoms with Crippen LogP contribution in [-0.2, 0) is 9.47 Å². The van der Waals surface area contributed by atoms with Crippen LogP contribution in [0.3, 0.4) is 0 Å². The van der Waals surface area contributed by atoms with Crippen molar-refractivity contribution < 1.29 is 29.9 Å². The molecule has 0 amide bonds. The zero-order valence-electron chi connectivity index (χ0n) is 18.8. The molecule has 0 radical (unpaired) electrons. The fourth-order valence-corrected chi connectivity index (χ4v) is 4.63. The summed E-state index contributed by atoms with van der Waals surface area (Å²) in [5, 5.41) is 39.3. The second-order valence-electron chi connectivity index (χ2n) is 9.08. The predicted molar refractivity (Wildman–Crippen MR) is 116 cm³/mol. The number of ether oxygens (including phenoxy) is 2. The predicted octanol–water partition coefficient (Wildman–Crippen LogP) is 1.84. The molecular formula is C23H45NO6. The van der Waals surface area contributed by atoms with Gasteiger partial charge in [0.15, 0.2) is 0 Å². The lowest BCUT2D eigenvalue weighted by Crippen LogP contribution is -2.49. The van der Waals surface area contributed by atoms with Crippen molar-refractivity contribution in [3.8, 4) is 0 Å². The Labute approximate surface area is 182 Å². The van der Waals surface area contributed by atoms with E-state index in [0.717, 1.165) is 64.8 Å². The normalized spacial score (nSPS) is 32.6. The van der Waals surface area contributed by atoms with Crippen LogP contribution in [-0.4, -0.2) is 94.8 Å². The van der Waals surface area contributed by atoms with Crippen molar-refractivity contribution in [2.24, 2.45) is 0 Å². The van der Waals surface area contributed by atoms with E-state index in [0.29, 0.717) is 6.42 Å². The Morgan fingerprint density at radius 2 is 1.60 bits per heavy atom. The summed E-state index contributed by atoms with van der Waals surface area (Å²) in [5.41, 5.74) is 0. The molecule has 2 heterocycles. The summed E-state index contributed by atoms with van der Waals surface area (Å²) < 4.78 is 11.5. The number of rotatable bonds is 14. The highest BCUT2D eigenvalue weighted by Crippen LogP contribution is 2.23. The van der Waals surface area contributed by atoms with E-state index in [-0.39, 0.29) is 24.9 Å². The standard InChI is InChI=1S/C23H45NO6/c1-2-3-4-5-12-24(14-7-11-21-19(26)10-8-15-29-21)13-6-9-18-16-20(27)23(28)22(17-25)30-18/h18-23,25-28H,2-17H2,1H3/t18-,19?,20?,21?,22?,23+/m1/s1. The Morgan fingerprint density at radius 1 is 0.867 bits per heavy atom. The highest BCUT2D eigenvalue weighted by Gasteiger charge is 2.35. The third-order valence-electron chi connectivity index (χ3n) is 6.52. The highest BCUT2D eigenvalue weighted by molar-refractivity contribution is 4.85. The van der Waals surface area contributed by atoms with Crippen LogP contribution < -0.4 is 0 Å². The van der Waals surface area contributed by atoms with Crippen LogP contribution in [0.5, 0.6) is 0 Å². The molecule has 0 aromatic rings. The second-order valence-corrected chi connectivity index (χ2v) is 9.08. The molecule has 2 rings (SSSR count). The summed E-state index contributed by atoms with van der Waals surface area (Å²) in [6, 6.07) is 0. The zero-order valence-corrected chi connectivity index (χ0v) is 18.8. The minimum absolute atomic E-state index is 0.0142. The van der Waals surface area contributed by atoms with Crippen LogP contribution in [0.25, 0.3) is 0 Å². The molecule has 0 aliphatic carbocycles. The summed E-state index contributed by atoms with van der Waals surface area (Å²) in [6.45, 7) is 5.78. The molecule has 7 nitrogen and oxygen atoms in total. The van der Waals surface area contributed by atoms with Gasteiger partial charge in [-0.15, -0.1) is 0 Å². The fraction of sp³-hybridized carbons (Fsp3) is 1.00. The van der Waals surface area contributed by atoms with Crippen LogP contribution in [0.4, 0.5) is 0 Å². The van der Waals surface area contributed by atoms with Crippen molar-refractivity contribution in [3.63, 3.8) is 0 Å². The summed E-state index contributed by atoms with van der Waals surface area (Å²) in [5.74, 6) is 0. The molecule has 0 spiro atoms. The van der Waals surface area contributed by atoms with Crippen LogP contribution in [0.1, 0.15) is 77.6 Å². The van der Waals surface area contributed by atoms with E-state index in [2.05, 4.69) is 11.8 Å². The van der Waals surface area contributed by atoms with Crippen LogP contribution in [0.15, 0.2) is 0 Å². The van der Waals surface area contributed by atoms with Crippen molar-refractivity contribution in [2.45, 2.75) is 114 Å². The van der Waals surface area contributed by atoms with E-state index in [9.17, 15) is 20.4 Å². The highest BCUT2D eigenvalue weighted by atomic mass is 16.5. The van der Waals surface area contributed by atoms with Gasteiger partial charge in [-0.2, -0.15) is 0 Å². The lowest BCUT2D eigenvalue weighted by molar-refractivity contribution is -0.181. The van der Waals surface area contributed by atoms with Gasteiger partial charge in [-0.05, 0) is 64.6 Å². The Morgan fingerprint density at radius 3 is 2.30 bits per heavy atom. The van der Waals surface area contributed by atoms with Gasteiger partial charge in [0.05, 0.1) is 31.0 Å². The van der Waals surface area contributed by atoms with E-state index in [1.807, 2.05) is 0 Å². The molecule has 0 saturated carbocycles. The number of hydrogen-bond acceptors (Lipinski definition) is 7. The first-order valence-electron chi connectivity index (χ1n) is 12.2. The van der Waals surface area contributed by atoms with Crippen molar-refractivity contribution in [1.82, 2.24) is 4.90 Å². The largest absolute Gasteiger partial charge is 0.394 e. The van der Waals surface area contributed by atoms with Gasteiger partial charge in [0, 0.05) is 13.0 Å². The smallest absolute Gasteiger partial charge is 0.109 e. The molecule has 30 heavy (non-hydrogen) atoms. The second kappa shape index (κ2) is 14.7. The average molecular weight is 432 g/mol. The van der Waals surface area contributed by atoms with Crippen LogP contribution >= 0.6 is 0 Å². The van der Waals surface area contributed by atoms with Gasteiger partial charge in [-0.25, -0.2) is 0 Å². The lowest BCUT2D eigenvalue weighted by Gasteiger charge is -2.36. The molecular weight excluding hydrogens is 386 g/mol. The fourth-order valence-electron chi connectivity index (χ4n) is 4.63. The molecule has 0 aromatic carbocycles. The summed E-state index contributed by atoms with van der Waals surface area (Å²) in [7, 11) is 0. The van der Waals surface area contributed by atoms with E-state index >= 15 is 0 Å². The Balaban J connectivity index is 1.72. The van der Waals surface area contributed by atoms with E-state index in [1.54, 1.807) is 0 Å². The number of hydrogen-bond donors (Lipinski definition) is 4. The zero-order chi connectivity index (χ0) is 21.8. The maximum absolute atomic E-state index is 10.1. The molecule has 2 aliphatic heterocycles. The first-order chi connectivity index (χ1) is 14.5. The molecule has 2 aliphatic rings. The van der Waals surface area contributed by atoms with Gasteiger partial charge in [0.2, 0.25) is 0 Å². The van der Waals surface area contributed by atoms with Crippen LogP contribution in [0, 0.1) is 0 Å².